The second kappa shape index (κ2) is 7.06. The fraction of sp³-hybridized carbons (Fsp3) is 0.647. The van der Waals surface area contributed by atoms with Gasteiger partial charge in [0.05, 0.1) is 0 Å². The van der Waals surface area contributed by atoms with Gasteiger partial charge in [-0.25, -0.2) is 0 Å². The molecule has 2 nitrogen and oxygen atoms in total. The van der Waals surface area contributed by atoms with Gasteiger partial charge in [-0.05, 0) is 37.3 Å². The van der Waals surface area contributed by atoms with Crippen LogP contribution in [0.2, 0.25) is 0 Å². The van der Waals surface area contributed by atoms with E-state index in [4.69, 9.17) is 5.73 Å². The van der Waals surface area contributed by atoms with E-state index in [1.807, 2.05) is 0 Å². The Morgan fingerprint density at radius 2 is 1.89 bits per heavy atom. The van der Waals surface area contributed by atoms with E-state index in [2.05, 4.69) is 49.1 Å². The molecule has 2 heteroatoms. The zero-order valence-electron chi connectivity index (χ0n) is 12.4. The van der Waals surface area contributed by atoms with Gasteiger partial charge in [-0.1, -0.05) is 50.6 Å². The van der Waals surface area contributed by atoms with Crippen LogP contribution in [-0.2, 0) is 0 Å². The number of nitrogens with two attached hydrogens (primary N) is 1. The maximum Gasteiger partial charge on any atom is 0.0453 e. The van der Waals surface area contributed by atoms with Crippen LogP contribution in [-0.4, -0.2) is 24.0 Å². The Morgan fingerprint density at radius 3 is 2.37 bits per heavy atom. The van der Waals surface area contributed by atoms with E-state index in [9.17, 15) is 0 Å². The third-order valence-corrected chi connectivity index (χ3v) is 4.61. The third kappa shape index (κ3) is 3.58. The lowest BCUT2D eigenvalue weighted by Crippen LogP contribution is -2.45. The Labute approximate surface area is 118 Å². The molecule has 1 aromatic carbocycles. The fourth-order valence-electron chi connectivity index (χ4n) is 3.14. The van der Waals surface area contributed by atoms with Crippen molar-refractivity contribution in [2.45, 2.75) is 51.6 Å². The molecule has 1 aromatic rings. The average molecular weight is 260 g/mol. The molecule has 1 aliphatic rings. The quantitative estimate of drug-likeness (QED) is 0.812. The summed E-state index contributed by atoms with van der Waals surface area (Å²) in [4.78, 5) is 2.60. The lowest BCUT2D eigenvalue weighted by molar-refractivity contribution is 0.119. The predicted molar refractivity (Wildman–Crippen MR) is 82.0 cm³/mol. The normalized spacial score (nSPS) is 19.2. The molecule has 19 heavy (non-hydrogen) atoms. The van der Waals surface area contributed by atoms with E-state index in [-0.39, 0.29) is 6.04 Å². The Kier molecular flexibility index (Phi) is 5.41. The summed E-state index contributed by atoms with van der Waals surface area (Å²) in [7, 11) is 0. The Morgan fingerprint density at radius 1 is 1.21 bits per heavy atom. The number of benzene rings is 1. The van der Waals surface area contributed by atoms with E-state index >= 15 is 0 Å². The minimum Gasteiger partial charge on any atom is -0.323 e. The first-order chi connectivity index (χ1) is 9.26. The molecule has 0 bridgehead atoms. The Hall–Kier alpha value is -0.860. The highest BCUT2D eigenvalue weighted by Gasteiger charge is 2.27. The molecule has 2 N–H and O–H groups in total. The highest BCUT2D eigenvalue weighted by Crippen LogP contribution is 2.29. The fourth-order valence-corrected chi connectivity index (χ4v) is 3.14. The molecular weight excluding hydrogens is 232 g/mol. The summed E-state index contributed by atoms with van der Waals surface area (Å²) in [6.45, 7) is 6.86. The molecule has 1 aliphatic carbocycles. The summed E-state index contributed by atoms with van der Waals surface area (Å²) >= 11 is 0. The number of likely N-dealkylation sites (N-methyl/N-ethyl adjacent to an activating group) is 1. The maximum absolute atomic E-state index is 6.52. The zero-order valence-corrected chi connectivity index (χ0v) is 12.4. The van der Waals surface area contributed by atoms with Crippen LogP contribution in [0.1, 0.15) is 51.1 Å². The minimum atomic E-state index is 0.131. The van der Waals surface area contributed by atoms with Crippen molar-refractivity contribution in [3.63, 3.8) is 0 Å². The van der Waals surface area contributed by atoms with Crippen LogP contribution >= 0.6 is 0 Å². The molecule has 0 aromatic heterocycles. The highest BCUT2D eigenvalue weighted by molar-refractivity contribution is 5.20. The zero-order chi connectivity index (χ0) is 13.7. The second-order valence-corrected chi connectivity index (χ2v) is 5.80. The van der Waals surface area contributed by atoms with Gasteiger partial charge in [0.15, 0.2) is 0 Å². The van der Waals surface area contributed by atoms with Crippen LogP contribution in [0.3, 0.4) is 0 Å². The lowest BCUT2D eigenvalue weighted by atomic mass is 9.84. The number of rotatable bonds is 7. The topological polar surface area (TPSA) is 29.3 Å². The van der Waals surface area contributed by atoms with E-state index in [1.165, 1.54) is 31.4 Å². The number of hydrogen-bond donors (Lipinski definition) is 1. The first kappa shape index (κ1) is 14.5. The molecule has 2 atom stereocenters. The highest BCUT2D eigenvalue weighted by atomic mass is 15.2. The molecule has 2 unspecified atom stereocenters. The average Bonchev–Trinajstić information content (AvgIpc) is 2.41. The molecule has 0 aliphatic heterocycles. The standard InChI is InChI=1S/C17H28N2/c1-3-16(17(18)15-11-6-5-7-12-15)19(4-2)13-14-9-8-10-14/h5-7,11-12,14,16-17H,3-4,8-10,13,18H2,1-2H3. The molecule has 1 saturated carbocycles. The summed E-state index contributed by atoms with van der Waals surface area (Å²) in [6.07, 6.45) is 5.36. The van der Waals surface area contributed by atoms with Crippen LogP contribution in [0.5, 0.6) is 0 Å². The van der Waals surface area contributed by atoms with Gasteiger partial charge in [0.1, 0.15) is 0 Å². The second-order valence-electron chi connectivity index (χ2n) is 5.80. The summed E-state index contributed by atoms with van der Waals surface area (Å²) in [6, 6.07) is 11.1. The van der Waals surface area contributed by atoms with Gasteiger partial charge >= 0.3 is 0 Å². The van der Waals surface area contributed by atoms with Gasteiger partial charge in [0.2, 0.25) is 0 Å². The van der Waals surface area contributed by atoms with Crippen LogP contribution in [0, 0.1) is 5.92 Å². The monoisotopic (exact) mass is 260 g/mol. The summed E-state index contributed by atoms with van der Waals surface area (Å²) in [5.41, 5.74) is 7.78. The summed E-state index contributed by atoms with van der Waals surface area (Å²) in [5.74, 6) is 0.914. The van der Waals surface area contributed by atoms with Crippen molar-refractivity contribution >= 4 is 0 Å². The predicted octanol–water partition coefficient (Wildman–Crippen LogP) is 3.59. The Bertz CT molecular complexity index is 359. The molecule has 0 heterocycles. The van der Waals surface area contributed by atoms with Crippen LogP contribution in [0.25, 0.3) is 0 Å². The van der Waals surface area contributed by atoms with Gasteiger partial charge in [0.25, 0.3) is 0 Å². The lowest BCUT2D eigenvalue weighted by Gasteiger charge is -2.39. The minimum absolute atomic E-state index is 0.131. The largest absolute Gasteiger partial charge is 0.323 e. The maximum atomic E-state index is 6.52. The van der Waals surface area contributed by atoms with Crippen LogP contribution < -0.4 is 5.73 Å². The molecule has 1 fully saturated rings. The Balaban J connectivity index is 2.03. The SMILES string of the molecule is CCC(C(N)c1ccccc1)N(CC)CC1CCC1. The molecule has 2 rings (SSSR count). The molecular formula is C17H28N2. The van der Waals surface area contributed by atoms with Crippen molar-refractivity contribution < 1.29 is 0 Å². The summed E-state index contributed by atoms with van der Waals surface area (Å²) < 4.78 is 0. The summed E-state index contributed by atoms with van der Waals surface area (Å²) in [5, 5.41) is 0. The van der Waals surface area contributed by atoms with E-state index < -0.39 is 0 Å². The molecule has 0 amide bonds. The van der Waals surface area contributed by atoms with Gasteiger partial charge in [-0.3, -0.25) is 4.90 Å². The third-order valence-electron chi connectivity index (χ3n) is 4.61. The van der Waals surface area contributed by atoms with Crippen LogP contribution in [0.4, 0.5) is 0 Å². The molecule has 0 saturated heterocycles. The van der Waals surface area contributed by atoms with Crippen LogP contribution in [0.15, 0.2) is 30.3 Å². The van der Waals surface area contributed by atoms with E-state index in [1.54, 1.807) is 0 Å². The van der Waals surface area contributed by atoms with Crippen molar-refractivity contribution in [1.29, 1.82) is 0 Å². The molecule has 0 spiro atoms. The van der Waals surface area contributed by atoms with Gasteiger partial charge in [-0.15, -0.1) is 0 Å². The first-order valence-electron chi connectivity index (χ1n) is 7.80. The first-order valence-corrected chi connectivity index (χ1v) is 7.80. The van der Waals surface area contributed by atoms with Crippen molar-refractivity contribution in [3.8, 4) is 0 Å². The van der Waals surface area contributed by atoms with Crippen molar-refractivity contribution in [1.82, 2.24) is 4.90 Å². The van der Waals surface area contributed by atoms with E-state index in [0.29, 0.717) is 6.04 Å². The van der Waals surface area contributed by atoms with Gasteiger partial charge in [-0.2, -0.15) is 0 Å². The van der Waals surface area contributed by atoms with Gasteiger partial charge in [0, 0.05) is 18.6 Å². The van der Waals surface area contributed by atoms with Gasteiger partial charge < -0.3 is 5.73 Å². The van der Waals surface area contributed by atoms with Crippen molar-refractivity contribution in [2.24, 2.45) is 11.7 Å². The smallest absolute Gasteiger partial charge is 0.0453 e. The van der Waals surface area contributed by atoms with E-state index in [0.717, 1.165) is 18.9 Å². The van der Waals surface area contributed by atoms with Crippen molar-refractivity contribution in [2.75, 3.05) is 13.1 Å². The number of hydrogen-bond acceptors (Lipinski definition) is 2. The molecule has 0 radical (unpaired) electrons. The molecule has 106 valence electrons. The number of nitrogens with zero attached hydrogens (tertiary/aromatic N) is 1. The van der Waals surface area contributed by atoms with Crippen molar-refractivity contribution in [3.05, 3.63) is 35.9 Å².